The maximum absolute atomic E-state index is 11.2. The molecule has 1 aromatic carbocycles. The summed E-state index contributed by atoms with van der Waals surface area (Å²) in [6, 6.07) is 7.57. The van der Waals surface area contributed by atoms with E-state index in [1.807, 2.05) is 58.9 Å². The molecule has 1 fully saturated rings. The topological polar surface area (TPSA) is 80.0 Å². The van der Waals surface area contributed by atoms with Crippen molar-refractivity contribution in [3.63, 3.8) is 0 Å². The normalized spacial score (nSPS) is 20.4. The van der Waals surface area contributed by atoms with Gasteiger partial charge in [-0.1, -0.05) is 26.0 Å². The fourth-order valence-electron chi connectivity index (χ4n) is 3.17. The minimum absolute atomic E-state index is 0.226. The summed E-state index contributed by atoms with van der Waals surface area (Å²) in [5.74, 6) is 1.02. The van der Waals surface area contributed by atoms with Crippen LogP contribution < -0.4 is 15.9 Å². The third kappa shape index (κ3) is 5.39. The lowest BCUT2D eigenvalue weighted by Crippen LogP contribution is -2.41. The van der Waals surface area contributed by atoms with Gasteiger partial charge in [-0.3, -0.25) is 0 Å². The van der Waals surface area contributed by atoms with Crippen LogP contribution in [0.3, 0.4) is 0 Å². The van der Waals surface area contributed by atoms with Crippen LogP contribution in [0.25, 0.3) is 0 Å². The number of nitrogens with two attached hydrogens (primary N) is 1. The standard InChI is InChI=1S/C20H32BNO5/c1-14(2)12-20(7,25-17(22)23)13-24-16-10-8-15(9-11-16)21-26-18(3,4)19(5,6)27-21/h8-11,14H,12-13H2,1-7H3,(H2,22,23). The van der Waals surface area contributed by atoms with Gasteiger partial charge in [0.25, 0.3) is 0 Å². The van der Waals surface area contributed by atoms with Gasteiger partial charge in [0.1, 0.15) is 18.0 Å². The third-order valence-electron chi connectivity index (χ3n) is 5.14. The van der Waals surface area contributed by atoms with Crippen LogP contribution in [-0.2, 0) is 14.0 Å². The quantitative estimate of drug-likeness (QED) is 0.738. The van der Waals surface area contributed by atoms with E-state index in [-0.39, 0.29) is 17.8 Å². The first-order chi connectivity index (χ1) is 12.3. The Bertz CT molecular complexity index is 643. The van der Waals surface area contributed by atoms with E-state index >= 15 is 0 Å². The average Bonchev–Trinajstić information content (AvgIpc) is 2.72. The SMILES string of the molecule is CC(C)CC(C)(COc1ccc(B2OC(C)(C)C(C)(C)O2)cc1)OC(N)=O. The molecule has 1 unspecified atom stereocenters. The zero-order valence-electron chi connectivity index (χ0n) is 17.5. The van der Waals surface area contributed by atoms with Crippen LogP contribution in [0.1, 0.15) is 54.9 Å². The summed E-state index contributed by atoms with van der Waals surface area (Å²) in [6.07, 6.45) is -0.139. The molecule has 0 aromatic heterocycles. The monoisotopic (exact) mass is 377 g/mol. The number of hydrogen-bond donors (Lipinski definition) is 1. The summed E-state index contributed by atoms with van der Waals surface area (Å²) in [7, 11) is -0.409. The lowest BCUT2D eigenvalue weighted by molar-refractivity contribution is -0.0186. The molecule has 0 bridgehead atoms. The maximum atomic E-state index is 11.2. The highest BCUT2D eigenvalue weighted by Crippen LogP contribution is 2.36. The molecule has 1 atom stereocenters. The zero-order valence-corrected chi connectivity index (χ0v) is 17.5. The van der Waals surface area contributed by atoms with Gasteiger partial charge in [0.2, 0.25) is 0 Å². The van der Waals surface area contributed by atoms with Gasteiger partial charge in [-0.05, 0) is 64.6 Å². The molecule has 27 heavy (non-hydrogen) atoms. The van der Waals surface area contributed by atoms with Crippen molar-refractivity contribution in [1.29, 1.82) is 0 Å². The lowest BCUT2D eigenvalue weighted by Gasteiger charge is -2.32. The number of carbonyl (C=O) groups excluding carboxylic acids is 1. The summed E-state index contributed by atoms with van der Waals surface area (Å²) >= 11 is 0. The second-order valence-electron chi connectivity index (χ2n) is 8.91. The number of ether oxygens (including phenoxy) is 2. The Morgan fingerprint density at radius 2 is 1.67 bits per heavy atom. The number of hydrogen-bond acceptors (Lipinski definition) is 5. The lowest BCUT2D eigenvalue weighted by atomic mass is 9.79. The zero-order chi connectivity index (χ0) is 20.5. The predicted octanol–water partition coefficient (Wildman–Crippen LogP) is 3.26. The van der Waals surface area contributed by atoms with Crippen LogP contribution in [0.2, 0.25) is 0 Å². The maximum Gasteiger partial charge on any atom is 0.494 e. The van der Waals surface area contributed by atoms with Gasteiger partial charge in [-0.25, -0.2) is 4.79 Å². The summed E-state index contributed by atoms with van der Waals surface area (Å²) in [6.45, 7) is 14.3. The van der Waals surface area contributed by atoms with E-state index in [1.165, 1.54) is 0 Å². The molecular weight excluding hydrogens is 345 g/mol. The number of benzene rings is 1. The number of rotatable bonds is 7. The van der Waals surface area contributed by atoms with Crippen molar-refractivity contribution in [2.45, 2.75) is 71.7 Å². The summed E-state index contributed by atoms with van der Waals surface area (Å²) < 4.78 is 23.3. The van der Waals surface area contributed by atoms with Gasteiger partial charge < -0.3 is 24.5 Å². The van der Waals surface area contributed by atoms with E-state index in [1.54, 1.807) is 0 Å². The van der Waals surface area contributed by atoms with Crippen LogP contribution in [0.4, 0.5) is 4.79 Å². The molecule has 0 aliphatic carbocycles. The van der Waals surface area contributed by atoms with E-state index < -0.39 is 18.8 Å². The van der Waals surface area contributed by atoms with Crippen molar-refractivity contribution in [2.24, 2.45) is 11.7 Å². The highest BCUT2D eigenvalue weighted by atomic mass is 16.7. The second kappa shape index (κ2) is 7.72. The van der Waals surface area contributed by atoms with Crippen LogP contribution in [0.5, 0.6) is 5.75 Å². The molecule has 2 N–H and O–H groups in total. The van der Waals surface area contributed by atoms with Gasteiger partial charge in [-0.15, -0.1) is 0 Å². The first kappa shape index (κ1) is 21.6. The smallest absolute Gasteiger partial charge is 0.489 e. The van der Waals surface area contributed by atoms with Gasteiger partial charge >= 0.3 is 13.2 Å². The summed E-state index contributed by atoms with van der Waals surface area (Å²) in [4.78, 5) is 11.2. The Balaban J connectivity index is 2.02. The molecular formula is C20H32BNO5. The van der Waals surface area contributed by atoms with Gasteiger partial charge in [-0.2, -0.15) is 0 Å². The average molecular weight is 377 g/mol. The Hall–Kier alpha value is -1.73. The van der Waals surface area contributed by atoms with E-state index in [9.17, 15) is 4.79 Å². The van der Waals surface area contributed by atoms with Crippen molar-refractivity contribution >= 4 is 18.7 Å². The third-order valence-corrected chi connectivity index (χ3v) is 5.14. The molecule has 1 amide bonds. The van der Waals surface area contributed by atoms with E-state index in [0.717, 1.165) is 5.46 Å². The molecule has 1 heterocycles. The van der Waals surface area contributed by atoms with E-state index in [2.05, 4.69) is 13.8 Å². The Kier molecular flexibility index (Phi) is 6.17. The first-order valence-electron chi connectivity index (χ1n) is 9.40. The molecule has 1 aliphatic heterocycles. The molecule has 0 radical (unpaired) electrons. The Morgan fingerprint density at radius 1 is 1.15 bits per heavy atom. The van der Waals surface area contributed by atoms with Gasteiger partial charge in [0.15, 0.2) is 0 Å². The predicted molar refractivity (Wildman–Crippen MR) is 106 cm³/mol. The van der Waals surface area contributed by atoms with Crippen LogP contribution in [-0.4, -0.2) is 36.6 Å². The minimum atomic E-state index is -0.794. The van der Waals surface area contributed by atoms with Crippen molar-refractivity contribution < 1.29 is 23.6 Å². The van der Waals surface area contributed by atoms with Crippen molar-refractivity contribution in [2.75, 3.05) is 6.61 Å². The number of carbonyl (C=O) groups is 1. The first-order valence-corrected chi connectivity index (χ1v) is 9.40. The molecule has 2 rings (SSSR count). The largest absolute Gasteiger partial charge is 0.494 e. The fourth-order valence-corrected chi connectivity index (χ4v) is 3.17. The van der Waals surface area contributed by atoms with Crippen LogP contribution >= 0.6 is 0 Å². The molecule has 1 aromatic rings. The molecule has 0 spiro atoms. The number of amides is 1. The van der Waals surface area contributed by atoms with Crippen LogP contribution in [0, 0.1) is 5.92 Å². The van der Waals surface area contributed by atoms with Crippen molar-refractivity contribution in [3.05, 3.63) is 24.3 Å². The van der Waals surface area contributed by atoms with E-state index in [4.69, 9.17) is 24.5 Å². The van der Waals surface area contributed by atoms with E-state index in [0.29, 0.717) is 18.1 Å². The second-order valence-corrected chi connectivity index (χ2v) is 8.91. The fraction of sp³-hybridized carbons (Fsp3) is 0.650. The molecule has 0 saturated carbocycles. The van der Waals surface area contributed by atoms with Gasteiger partial charge in [0, 0.05) is 0 Å². The minimum Gasteiger partial charge on any atom is -0.489 e. The van der Waals surface area contributed by atoms with Crippen molar-refractivity contribution in [1.82, 2.24) is 0 Å². The Labute approximate surface area is 162 Å². The Morgan fingerprint density at radius 3 is 2.11 bits per heavy atom. The highest BCUT2D eigenvalue weighted by Gasteiger charge is 2.51. The molecule has 7 heteroatoms. The van der Waals surface area contributed by atoms with Crippen LogP contribution in [0.15, 0.2) is 24.3 Å². The van der Waals surface area contributed by atoms with Gasteiger partial charge in [0.05, 0.1) is 11.2 Å². The van der Waals surface area contributed by atoms with Crippen molar-refractivity contribution in [3.8, 4) is 5.75 Å². The molecule has 6 nitrogen and oxygen atoms in total. The summed E-state index contributed by atoms with van der Waals surface area (Å²) in [5, 5.41) is 0. The molecule has 150 valence electrons. The summed E-state index contributed by atoms with van der Waals surface area (Å²) in [5.41, 5.74) is 4.61. The highest BCUT2D eigenvalue weighted by molar-refractivity contribution is 6.62. The molecule has 1 aliphatic rings. The molecule has 1 saturated heterocycles. The number of primary amides is 1.